The van der Waals surface area contributed by atoms with Gasteiger partial charge < -0.3 is 20.3 Å². The molecule has 0 saturated carbocycles. The Hall–Kier alpha value is -3.61. The fourth-order valence-corrected chi connectivity index (χ4v) is 3.24. The van der Waals surface area contributed by atoms with Crippen LogP contribution in [0.2, 0.25) is 0 Å². The van der Waals surface area contributed by atoms with Gasteiger partial charge in [-0.15, -0.1) is 10.2 Å². The molecular weight excluding hydrogens is 396 g/mol. The van der Waals surface area contributed by atoms with Gasteiger partial charge in [0.1, 0.15) is 17.2 Å². The van der Waals surface area contributed by atoms with Crippen LogP contribution in [0.25, 0.3) is 5.57 Å². The summed E-state index contributed by atoms with van der Waals surface area (Å²) in [6.07, 6.45) is 3.15. The summed E-state index contributed by atoms with van der Waals surface area (Å²) < 4.78 is 5.46. The molecule has 2 heterocycles. The maximum atomic E-state index is 12.2. The van der Waals surface area contributed by atoms with E-state index in [0.29, 0.717) is 19.0 Å². The molecule has 1 aliphatic rings. The average molecular weight is 425 g/mol. The van der Waals surface area contributed by atoms with Gasteiger partial charge in [0.2, 0.25) is 5.82 Å². The minimum Gasteiger partial charge on any atom is -0.444 e. The van der Waals surface area contributed by atoms with Crippen LogP contribution in [0.15, 0.2) is 30.5 Å². The molecule has 1 aromatic carbocycles. The number of tetrazole rings is 1. The fraction of sp³-hybridized carbons (Fsp3) is 0.476. The molecule has 3 N–H and O–H groups in total. The molecule has 31 heavy (non-hydrogen) atoms. The van der Waals surface area contributed by atoms with Gasteiger partial charge in [-0.25, -0.2) is 4.79 Å². The molecule has 0 atom stereocenters. The lowest BCUT2D eigenvalue weighted by Crippen LogP contribution is -2.42. The molecule has 1 saturated heterocycles. The van der Waals surface area contributed by atoms with Crippen molar-refractivity contribution in [1.82, 2.24) is 25.5 Å². The Balaban J connectivity index is 1.53. The highest BCUT2D eigenvalue weighted by Crippen LogP contribution is 2.25. The number of hydrogen-bond acceptors (Lipinski definition) is 8. The number of benzene rings is 1. The van der Waals surface area contributed by atoms with Crippen molar-refractivity contribution >= 4 is 23.0 Å². The smallest absolute Gasteiger partial charge is 0.410 e. The zero-order valence-electron chi connectivity index (χ0n) is 18.1. The van der Waals surface area contributed by atoms with E-state index in [2.05, 4.69) is 37.3 Å². The lowest BCUT2D eigenvalue weighted by Gasteiger charge is -2.33. The molecule has 0 unspecified atom stereocenters. The second-order valence-corrected chi connectivity index (χ2v) is 8.39. The SMILES string of the molecule is CC(C)(C)OC(=O)N1CCC(CNc2ccccc2NC=C(C#N)c2nn[nH]n2)CC1. The Morgan fingerprint density at radius 1 is 1.32 bits per heavy atom. The van der Waals surface area contributed by atoms with Crippen LogP contribution in [0.1, 0.15) is 39.4 Å². The lowest BCUT2D eigenvalue weighted by atomic mass is 9.97. The number of nitrogens with one attached hydrogen (secondary N) is 3. The van der Waals surface area contributed by atoms with Crippen molar-refractivity contribution in [2.75, 3.05) is 30.3 Å². The molecular formula is C21H28N8O2. The van der Waals surface area contributed by atoms with E-state index in [1.807, 2.05) is 45.0 Å². The first-order chi connectivity index (χ1) is 14.9. The number of para-hydroxylation sites is 2. The van der Waals surface area contributed by atoms with Crippen LogP contribution in [0.3, 0.4) is 0 Å². The molecule has 1 aliphatic heterocycles. The quantitative estimate of drug-likeness (QED) is 0.602. The first-order valence-electron chi connectivity index (χ1n) is 10.3. The van der Waals surface area contributed by atoms with E-state index in [1.165, 1.54) is 0 Å². The van der Waals surface area contributed by atoms with Crippen LogP contribution in [0.5, 0.6) is 0 Å². The Morgan fingerprint density at radius 2 is 2.03 bits per heavy atom. The minimum atomic E-state index is -0.476. The summed E-state index contributed by atoms with van der Waals surface area (Å²) in [7, 11) is 0. The van der Waals surface area contributed by atoms with Gasteiger partial charge in [-0.05, 0) is 56.9 Å². The van der Waals surface area contributed by atoms with Crippen LogP contribution in [0.4, 0.5) is 16.2 Å². The summed E-state index contributed by atoms with van der Waals surface area (Å²) in [4.78, 5) is 14.0. The normalized spacial score (nSPS) is 15.3. The molecule has 10 nitrogen and oxygen atoms in total. The number of ether oxygens (including phenoxy) is 1. The third-order valence-electron chi connectivity index (χ3n) is 4.85. The molecule has 164 valence electrons. The van der Waals surface area contributed by atoms with E-state index in [-0.39, 0.29) is 17.5 Å². The highest BCUT2D eigenvalue weighted by Gasteiger charge is 2.26. The third kappa shape index (κ3) is 6.44. The molecule has 0 radical (unpaired) electrons. The van der Waals surface area contributed by atoms with Gasteiger partial charge in [0.05, 0.1) is 11.4 Å². The van der Waals surface area contributed by atoms with Crippen molar-refractivity contribution in [2.24, 2.45) is 5.92 Å². The van der Waals surface area contributed by atoms with Gasteiger partial charge >= 0.3 is 6.09 Å². The molecule has 0 aliphatic carbocycles. The summed E-state index contributed by atoms with van der Waals surface area (Å²) in [6, 6.07) is 9.83. The van der Waals surface area contributed by atoms with E-state index in [9.17, 15) is 10.1 Å². The highest BCUT2D eigenvalue weighted by atomic mass is 16.6. The van der Waals surface area contributed by atoms with Crippen LogP contribution in [0, 0.1) is 17.2 Å². The zero-order chi connectivity index (χ0) is 22.3. The van der Waals surface area contributed by atoms with Gasteiger partial charge in [0.15, 0.2) is 0 Å². The highest BCUT2D eigenvalue weighted by molar-refractivity contribution is 5.77. The second kappa shape index (κ2) is 9.93. The van der Waals surface area contributed by atoms with E-state index in [0.717, 1.165) is 30.8 Å². The number of nitrogens with zero attached hydrogens (tertiary/aromatic N) is 5. The number of amides is 1. The monoisotopic (exact) mass is 424 g/mol. The predicted octanol–water partition coefficient (Wildman–Crippen LogP) is 3.24. The Morgan fingerprint density at radius 3 is 2.65 bits per heavy atom. The number of hydrogen-bond donors (Lipinski definition) is 3. The van der Waals surface area contributed by atoms with Crippen molar-refractivity contribution in [3.8, 4) is 6.07 Å². The second-order valence-electron chi connectivity index (χ2n) is 8.39. The summed E-state index contributed by atoms with van der Waals surface area (Å²) in [6.45, 7) is 7.82. The van der Waals surface area contributed by atoms with Gasteiger partial charge in [0.25, 0.3) is 0 Å². The summed E-state index contributed by atoms with van der Waals surface area (Å²) in [5.41, 5.74) is 1.57. The van der Waals surface area contributed by atoms with Crippen LogP contribution >= 0.6 is 0 Å². The maximum absolute atomic E-state index is 12.2. The fourth-order valence-electron chi connectivity index (χ4n) is 3.24. The van der Waals surface area contributed by atoms with Crippen LogP contribution < -0.4 is 10.6 Å². The molecule has 0 bridgehead atoms. The van der Waals surface area contributed by atoms with Crippen molar-refractivity contribution in [3.63, 3.8) is 0 Å². The number of aromatic nitrogens is 4. The molecule has 1 amide bonds. The molecule has 2 aromatic rings. The van der Waals surface area contributed by atoms with E-state index in [1.54, 1.807) is 11.1 Å². The number of allylic oxidation sites excluding steroid dienone is 1. The first kappa shape index (κ1) is 22.1. The van der Waals surface area contributed by atoms with E-state index < -0.39 is 5.60 Å². The first-order valence-corrected chi connectivity index (χ1v) is 10.3. The number of H-pyrrole nitrogens is 1. The zero-order valence-corrected chi connectivity index (χ0v) is 18.1. The standard InChI is InChI=1S/C21H28N8O2/c1-21(2,3)31-20(30)29-10-8-15(9-11-29)13-23-17-6-4-5-7-18(17)24-14-16(12-22)19-25-27-28-26-19/h4-7,14-15,23-24H,8-11,13H2,1-3H3,(H,25,26,27,28). The number of carbonyl (C=O) groups is 1. The summed E-state index contributed by atoms with van der Waals surface area (Å²) >= 11 is 0. The lowest BCUT2D eigenvalue weighted by molar-refractivity contribution is 0.0188. The number of likely N-dealkylation sites (tertiary alicyclic amines) is 1. The van der Waals surface area contributed by atoms with E-state index in [4.69, 9.17) is 4.74 Å². The average Bonchev–Trinajstić information content (AvgIpc) is 3.27. The van der Waals surface area contributed by atoms with Gasteiger partial charge in [-0.3, -0.25) is 0 Å². The topological polar surface area (TPSA) is 132 Å². The van der Waals surface area contributed by atoms with Gasteiger partial charge in [-0.2, -0.15) is 10.5 Å². The number of anilines is 2. The van der Waals surface area contributed by atoms with Crippen molar-refractivity contribution in [2.45, 2.75) is 39.2 Å². The van der Waals surface area contributed by atoms with Crippen LogP contribution in [-0.4, -0.2) is 56.9 Å². The number of piperidine rings is 1. The molecule has 1 fully saturated rings. The van der Waals surface area contributed by atoms with Gasteiger partial charge in [-0.1, -0.05) is 12.1 Å². The number of nitriles is 1. The van der Waals surface area contributed by atoms with E-state index >= 15 is 0 Å². The van der Waals surface area contributed by atoms with Crippen molar-refractivity contribution < 1.29 is 9.53 Å². The Kier molecular flexibility index (Phi) is 7.07. The Bertz CT molecular complexity index is 935. The summed E-state index contributed by atoms with van der Waals surface area (Å²) in [5.74, 6) is 0.688. The largest absolute Gasteiger partial charge is 0.444 e. The Labute approximate surface area is 181 Å². The molecule has 1 aromatic heterocycles. The molecule has 3 rings (SSSR count). The minimum absolute atomic E-state index is 0.234. The molecule has 10 heteroatoms. The van der Waals surface area contributed by atoms with Crippen molar-refractivity contribution in [1.29, 1.82) is 5.26 Å². The van der Waals surface area contributed by atoms with Crippen LogP contribution in [-0.2, 0) is 4.74 Å². The summed E-state index contributed by atoms with van der Waals surface area (Å²) in [5, 5.41) is 29.4. The predicted molar refractivity (Wildman–Crippen MR) is 117 cm³/mol. The number of aromatic amines is 1. The number of rotatable bonds is 6. The molecule has 0 spiro atoms. The maximum Gasteiger partial charge on any atom is 0.410 e. The number of carbonyl (C=O) groups excluding carboxylic acids is 1. The van der Waals surface area contributed by atoms with Gasteiger partial charge in [0, 0.05) is 25.8 Å². The third-order valence-corrected chi connectivity index (χ3v) is 4.85. The van der Waals surface area contributed by atoms with Crippen molar-refractivity contribution in [3.05, 3.63) is 36.3 Å².